The molecule has 0 aliphatic heterocycles. The highest BCUT2D eigenvalue weighted by molar-refractivity contribution is 6.33. The third-order valence-corrected chi connectivity index (χ3v) is 4.62. The molecule has 0 radical (unpaired) electrons. The fourth-order valence-electron chi connectivity index (χ4n) is 2.79. The molecule has 2 heterocycles. The van der Waals surface area contributed by atoms with E-state index >= 15 is 0 Å². The molecule has 5 nitrogen and oxygen atoms in total. The Bertz CT molecular complexity index is 840. The van der Waals surface area contributed by atoms with Crippen LogP contribution in [-0.2, 0) is 6.54 Å². The molecule has 3 aromatic rings. The van der Waals surface area contributed by atoms with Crippen LogP contribution in [-0.4, -0.2) is 26.9 Å². The second-order valence-corrected chi connectivity index (χ2v) is 6.27. The minimum Gasteiger partial charge on any atom is -0.497 e. The zero-order chi connectivity index (χ0) is 15.8. The molecule has 1 aliphatic rings. The number of methoxy groups -OCH3 is 1. The summed E-state index contributed by atoms with van der Waals surface area (Å²) in [6, 6.07) is 7.94. The Balaban J connectivity index is 1.63. The van der Waals surface area contributed by atoms with Crippen molar-refractivity contribution in [1.82, 2.24) is 19.7 Å². The van der Waals surface area contributed by atoms with Gasteiger partial charge in [-0.1, -0.05) is 30.2 Å². The molecule has 0 unspecified atom stereocenters. The molecule has 0 bridgehead atoms. The first-order chi connectivity index (χ1) is 11.2. The molecule has 0 spiro atoms. The van der Waals surface area contributed by atoms with Crippen LogP contribution in [0.25, 0.3) is 11.0 Å². The van der Waals surface area contributed by atoms with Crippen molar-refractivity contribution in [3.8, 4) is 5.75 Å². The van der Waals surface area contributed by atoms with Gasteiger partial charge in [-0.3, -0.25) is 4.68 Å². The third kappa shape index (κ3) is 2.77. The van der Waals surface area contributed by atoms with E-state index in [-0.39, 0.29) is 0 Å². The molecule has 1 fully saturated rings. The fraction of sp³-hybridized carbons (Fsp3) is 0.353. The first-order valence-electron chi connectivity index (χ1n) is 7.76. The van der Waals surface area contributed by atoms with Crippen LogP contribution >= 0.6 is 11.6 Å². The molecule has 4 rings (SSSR count). The van der Waals surface area contributed by atoms with Crippen LogP contribution < -0.4 is 4.74 Å². The monoisotopic (exact) mass is 328 g/mol. The number of ether oxygens (including phenoxy) is 1. The topological polar surface area (TPSA) is 52.8 Å². The van der Waals surface area contributed by atoms with E-state index in [1.54, 1.807) is 7.11 Å². The van der Waals surface area contributed by atoms with Gasteiger partial charge in [0.05, 0.1) is 19.9 Å². The molecule has 118 valence electrons. The maximum Gasteiger partial charge on any atom is 0.160 e. The van der Waals surface area contributed by atoms with E-state index in [9.17, 15) is 0 Å². The van der Waals surface area contributed by atoms with Gasteiger partial charge in [-0.2, -0.15) is 5.10 Å². The number of hydrogen-bond acceptors (Lipinski definition) is 4. The lowest BCUT2D eigenvalue weighted by Crippen LogP contribution is -2.12. The highest BCUT2D eigenvalue weighted by atomic mass is 35.5. The van der Waals surface area contributed by atoms with Crippen molar-refractivity contribution >= 4 is 22.6 Å². The van der Waals surface area contributed by atoms with Crippen LogP contribution in [0.5, 0.6) is 5.75 Å². The summed E-state index contributed by atoms with van der Waals surface area (Å²) in [6.07, 6.45) is 5.50. The average molecular weight is 329 g/mol. The van der Waals surface area contributed by atoms with Gasteiger partial charge in [0.2, 0.25) is 0 Å². The van der Waals surface area contributed by atoms with Crippen molar-refractivity contribution in [2.24, 2.45) is 0 Å². The second-order valence-electron chi connectivity index (χ2n) is 5.91. The molecule has 0 N–H and O–H groups in total. The lowest BCUT2D eigenvalue weighted by atomic mass is 9.85. The summed E-state index contributed by atoms with van der Waals surface area (Å²) in [4.78, 5) is 9.08. The summed E-state index contributed by atoms with van der Waals surface area (Å²) < 4.78 is 7.04. The maximum absolute atomic E-state index is 6.30. The van der Waals surface area contributed by atoms with Crippen molar-refractivity contribution in [3.05, 3.63) is 47.0 Å². The van der Waals surface area contributed by atoms with Gasteiger partial charge < -0.3 is 4.74 Å². The molecule has 1 saturated carbocycles. The van der Waals surface area contributed by atoms with Gasteiger partial charge in [-0.25, -0.2) is 9.97 Å². The summed E-state index contributed by atoms with van der Waals surface area (Å²) in [5.41, 5.74) is 2.63. The first-order valence-corrected chi connectivity index (χ1v) is 8.14. The Morgan fingerprint density at radius 2 is 2.00 bits per heavy atom. The molecular weight excluding hydrogens is 312 g/mol. The zero-order valence-corrected chi connectivity index (χ0v) is 13.6. The standard InChI is InChI=1S/C17H17ClN4O/c1-23-13-7-5-11(6-8-13)9-22-10-14-15(21-22)16(18)20-17(19-14)12-3-2-4-12/h5-8,10,12H,2-4,9H2,1H3. The molecule has 0 atom stereocenters. The van der Waals surface area contributed by atoms with Crippen LogP contribution in [0.2, 0.25) is 5.15 Å². The molecule has 0 saturated heterocycles. The Kier molecular flexibility index (Phi) is 3.65. The predicted molar refractivity (Wildman–Crippen MR) is 89.0 cm³/mol. The number of rotatable bonds is 4. The quantitative estimate of drug-likeness (QED) is 0.683. The molecule has 1 aromatic carbocycles. The SMILES string of the molecule is COc1ccc(Cn2cc3nc(C4CCC4)nc(Cl)c3n2)cc1. The van der Waals surface area contributed by atoms with E-state index in [1.807, 2.05) is 35.1 Å². The zero-order valence-electron chi connectivity index (χ0n) is 12.9. The van der Waals surface area contributed by atoms with E-state index < -0.39 is 0 Å². The number of aromatic nitrogens is 4. The summed E-state index contributed by atoms with van der Waals surface area (Å²) in [7, 11) is 1.66. The van der Waals surface area contributed by atoms with Crippen LogP contribution in [0.1, 0.15) is 36.6 Å². The summed E-state index contributed by atoms with van der Waals surface area (Å²) in [5.74, 6) is 2.16. The van der Waals surface area contributed by atoms with Gasteiger partial charge in [0.1, 0.15) is 22.6 Å². The molecule has 0 amide bonds. The molecule has 23 heavy (non-hydrogen) atoms. The van der Waals surface area contributed by atoms with Gasteiger partial charge >= 0.3 is 0 Å². The summed E-state index contributed by atoms with van der Waals surface area (Å²) in [6.45, 7) is 0.662. The number of nitrogens with zero attached hydrogens (tertiary/aromatic N) is 4. The van der Waals surface area contributed by atoms with Gasteiger partial charge in [0, 0.05) is 5.92 Å². The highest BCUT2D eigenvalue weighted by Crippen LogP contribution is 2.35. The van der Waals surface area contributed by atoms with E-state index in [2.05, 4.69) is 15.1 Å². The smallest absolute Gasteiger partial charge is 0.160 e. The molecule has 1 aliphatic carbocycles. The minimum absolute atomic E-state index is 0.449. The van der Waals surface area contributed by atoms with Crippen LogP contribution in [0.4, 0.5) is 0 Å². The fourth-order valence-corrected chi connectivity index (χ4v) is 3.01. The number of fused-ring (bicyclic) bond motifs is 1. The lowest BCUT2D eigenvalue weighted by Gasteiger charge is -2.23. The van der Waals surface area contributed by atoms with Crippen LogP contribution in [0.3, 0.4) is 0 Å². The molecule has 6 heteroatoms. The predicted octanol–water partition coefficient (Wildman–Crippen LogP) is 3.80. The highest BCUT2D eigenvalue weighted by Gasteiger charge is 2.24. The van der Waals surface area contributed by atoms with Crippen LogP contribution in [0, 0.1) is 0 Å². The molecule has 2 aromatic heterocycles. The number of benzene rings is 1. The minimum atomic E-state index is 0.449. The van der Waals surface area contributed by atoms with Gasteiger partial charge in [-0.05, 0) is 30.5 Å². The van der Waals surface area contributed by atoms with E-state index in [4.69, 9.17) is 16.3 Å². The Labute approximate surface area is 139 Å². The van der Waals surface area contributed by atoms with Crippen molar-refractivity contribution in [2.45, 2.75) is 31.7 Å². The number of hydrogen-bond donors (Lipinski definition) is 0. The normalized spacial score (nSPS) is 14.9. The van der Waals surface area contributed by atoms with Crippen molar-refractivity contribution in [1.29, 1.82) is 0 Å². The van der Waals surface area contributed by atoms with E-state index in [0.29, 0.717) is 23.1 Å². The Hall–Kier alpha value is -2.14. The van der Waals surface area contributed by atoms with Crippen molar-refractivity contribution in [2.75, 3.05) is 7.11 Å². The maximum atomic E-state index is 6.30. The first kappa shape index (κ1) is 14.5. The van der Waals surface area contributed by atoms with E-state index in [1.165, 1.54) is 6.42 Å². The van der Waals surface area contributed by atoms with Crippen molar-refractivity contribution in [3.63, 3.8) is 0 Å². The van der Waals surface area contributed by atoms with Crippen molar-refractivity contribution < 1.29 is 4.74 Å². The Morgan fingerprint density at radius 3 is 2.65 bits per heavy atom. The summed E-state index contributed by atoms with van der Waals surface area (Å²) >= 11 is 6.30. The lowest BCUT2D eigenvalue weighted by molar-refractivity contribution is 0.402. The van der Waals surface area contributed by atoms with Gasteiger partial charge in [0.15, 0.2) is 5.15 Å². The second kappa shape index (κ2) is 5.81. The average Bonchev–Trinajstić information content (AvgIpc) is 2.89. The largest absolute Gasteiger partial charge is 0.497 e. The van der Waals surface area contributed by atoms with Crippen LogP contribution in [0.15, 0.2) is 30.5 Å². The summed E-state index contributed by atoms with van der Waals surface area (Å²) in [5, 5.41) is 4.97. The van der Waals surface area contributed by atoms with Gasteiger partial charge in [0.25, 0.3) is 0 Å². The Morgan fingerprint density at radius 1 is 1.22 bits per heavy atom. The van der Waals surface area contributed by atoms with E-state index in [0.717, 1.165) is 35.5 Å². The third-order valence-electron chi connectivity index (χ3n) is 4.36. The van der Waals surface area contributed by atoms with Gasteiger partial charge in [-0.15, -0.1) is 0 Å². The molecular formula is C17H17ClN4O. The number of halogens is 1.